The van der Waals surface area contributed by atoms with E-state index in [0.29, 0.717) is 6.61 Å². The predicted octanol–water partition coefficient (Wildman–Crippen LogP) is 0.247. The number of nitrogens with zero attached hydrogens (tertiary/aromatic N) is 3. The summed E-state index contributed by atoms with van der Waals surface area (Å²) >= 11 is 0. The zero-order valence-corrected chi connectivity index (χ0v) is 9.56. The van der Waals surface area contributed by atoms with Crippen LogP contribution in [0.4, 0.5) is 9.59 Å². The van der Waals surface area contributed by atoms with Crippen LogP contribution in [0.3, 0.4) is 0 Å². The van der Waals surface area contributed by atoms with Gasteiger partial charge in [-0.1, -0.05) is 0 Å². The molecule has 0 spiro atoms. The first-order valence-corrected chi connectivity index (χ1v) is 5.41. The number of ether oxygens (including phenoxy) is 2. The molecule has 1 atom stereocenters. The number of amides is 1. The SMILES string of the molecule is O=C(O)N1CCOC[C@@H]1COC(=O)n1ccnc1. The number of aromatic nitrogens is 2. The molecular weight excluding hydrogens is 242 g/mol. The van der Waals surface area contributed by atoms with Crippen molar-refractivity contribution in [3.05, 3.63) is 18.7 Å². The standard InChI is InChI=1S/C10H13N3O5/c14-9(15)13-3-4-17-5-8(13)6-18-10(16)12-2-1-11-7-12/h1-2,7-8H,3-6H2,(H,14,15)/t8-/m1/s1. The first kappa shape index (κ1) is 12.4. The number of rotatable bonds is 2. The average Bonchev–Trinajstić information content (AvgIpc) is 2.90. The second-order valence-corrected chi connectivity index (χ2v) is 3.75. The van der Waals surface area contributed by atoms with Crippen LogP contribution >= 0.6 is 0 Å². The third-order valence-electron chi connectivity index (χ3n) is 2.59. The molecule has 0 aliphatic carbocycles. The van der Waals surface area contributed by atoms with Gasteiger partial charge in [0.15, 0.2) is 0 Å². The van der Waals surface area contributed by atoms with Crippen molar-refractivity contribution in [2.45, 2.75) is 6.04 Å². The Bertz CT molecular complexity index is 419. The quantitative estimate of drug-likeness (QED) is 0.813. The minimum absolute atomic E-state index is 0.0384. The van der Waals surface area contributed by atoms with Crippen LogP contribution in [0.1, 0.15) is 0 Å². The van der Waals surface area contributed by atoms with Gasteiger partial charge in [-0.25, -0.2) is 19.1 Å². The second-order valence-electron chi connectivity index (χ2n) is 3.75. The lowest BCUT2D eigenvalue weighted by Crippen LogP contribution is -2.50. The van der Waals surface area contributed by atoms with Gasteiger partial charge in [-0.05, 0) is 0 Å². The Hall–Kier alpha value is -2.09. The highest BCUT2D eigenvalue weighted by molar-refractivity contribution is 5.70. The maximum Gasteiger partial charge on any atom is 0.419 e. The van der Waals surface area contributed by atoms with Crippen molar-refractivity contribution < 1.29 is 24.2 Å². The molecule has 2 rings (SSSR count). The number of imidazole rings is 1. The van der Waals surface area contributed by atoms with Crippen LogP contribution in [-0.4, -0.2) is 64.2 Å². The zero-order valence-electron chi connectivity index (χ0n) is 9.56. The minimum atomic E-state index is -1.04. The van der Waals surface area contributed by atoms with Gasteiger partial charge >= 0.3 is 12.2 Å². The molecule has 8 heteroatoms. The van der Waals surface area contributed by atoms with Gasteiger partial charge in [-0.3, -0.25) is 4.90 Å². The number of carbonyl (C=O) groups is 2. The maximum atomic E-state index is 11.5. The second kappa shape index (κ2) is 5.50. The summed E-state index contributed by atoms with van der Waals surface area (Å²) in [5.74, 6) is 0. The van der Waals surface area contributed by atoms with Gasteiger partial charge in [0.25, 0.3) is 0 Å². The number of hydrogen-bond acceptors (Lipinski definition) is 5. The Balaban J connectivity index is 1.88. The van der Waals surface area contributed by atoms with E-state index in [1.54, 1.807) is 0 Å². The fraction of sp³-hybridized carbons (Fsp3) is 0.500. The van der Waals surface area contributed by atoms with Crippen molar-refractivity contribution in [3.63, 3.8) is 0 Å². The lowest BCUT2D eigenvalue weighted by molar-refractivity contribution is -0.0215. The van der Waals surface area contributed by atoms with Crippen LogP contribution in [0.25, 0.3) is 0 Å². The van der Waals surface area contributed by atoms with Gasteiger partial charge in [-0.15, -0.1) is 0 Å². The van der Waals surface area contributed by atoms with E-state index in [1.165, 1.54) is 28.2 Å². The first-order valence-electron chi connectivity index (χ1n) is 5.41. The summed E-state index contributed by atoms with van der Waals surface area (Å²) in [7, 11) is 0. The molecule has 0 aromatic carbocycles. The molecule has 0 radical (unpaired) electrons. The molecule has 1 amide bonds. The largest absolute Gasteiger partial charge is 0.465 e. The van der Waals surface area contributed by atoms with E-state index in [0.717, 1.165) is 0 Å². The molecule has 1 N–H and O–H groups in total. The van der Waals surface area contributed by atoms with Crippen LogP contribution in [0.2, 0.25) is 0 Å². The summed E-state index contributed by atoms with van der Waals surface area (Å²) in [6.07, 6.45) is 2.59. The molecule has 2 heterocycles. The van der Waals surface area contributed by atoms with Crippen molar-refractivity contribution >= 4 is 12.2 Å². The van der Waals surface area contributed by atoms with Crippen molar-refractivity contribution in [1.29, 1.82) is 0 Å². The molecule has 98 valence electrons. The molecular formula is C10H13N3O5. The van der Waals surface area contributed by atoms with E-state index in [2.05, 4.69) is 4.98 Å². The Morgan fingerprint density at radius 3 is 3.06 bits per heavy atom. The Kier molecular flexibility index (Phi) is 3.78. The average molecular weight is 255 g/mol. The first-order chi connectivity index (χ1) is 8.68. The molecule has 0 bridgehead atoms. The molecule has 1 saturated heterocycles. The van der Waals surface area contributed by atoms with E-state index >= 15 is 0 Å². The van der Waals surface area contributed by atoms with Crippen LogP contribution < -0.4 is 0 Å². The van der Waals surface area contributed by atoms with Gasteiger partial charge in [0.2, 0.25) is 0 Å². The summed E-state index contributed by atoms with van der Waals surface area (Å²) in [5.41, 5.74) is 0. The van der Waals surface area contributed by atoms with Crippen LogP contribution in [0.5, 0.6) is 0 Å². The normalized spacial score (nSPS) is 19.6. The highest BCUT2D eigenvalue weighted by Crippen LogP contribution is 2.08. The fourth-order valence-electron chi connectivity index (χ4n) is 1.65. The minimum Gasteiger partial charge on any atom is -0.465 e. The molecule has 8 nitrogen and oxygen atoms in total. The summed E-state index contributed by atoms with van der Waals surface area (Å²) in [4.78, 5) is 27.4. The molecule has 18 heavy (non-hydrogen) atoms. The fourth-order valence-corrected chi connectivity index (χ4v) is 1.65. The molecule has 1 aromatic heterocycles. The zero-order chi connectivity index (χ0) is 13.0. The molecule has 1 fully saturated rings. The smallest absolute Gasteiger partial charge is 0.419 e. The maximum absolute atomic E-state index is 11.5. The van der Waals surface area contributed by atoms with Gasteiger partial charge in [0, 0.05) is 18.9 Å². The topological polar surface area (TPSA) is 93.9 Å². The Labute approximate surface area is 103 Å². The highest BCUT2D eigenvalue weighted by Gasteiger charge is 2.28. The lowest BCUT2D eigenvalue weighted by Gasteiger charge is -2.32. The summed E-state index contributed by atoms with van der Waals surface area (Å²) < 4.78 is 11.4. The van der Waals surface area contributed by atoms with Gasteiger partial charge in [0.05, 0.1) is 19.3 Å². The van der Waals surface area contributed by atoms with Gasteiger partial charge in [-0.2, -0.15) is 0 Å². The number of hydrogen-bond donors (Lipinski definition) is 1. The van der Waals surface area contributed by atoms with Crippen molar-refractivity contribution in [2.24, 2.45) is 0 Å². The van der Waals surface area contributed by atoms with Crippen LogP contribution in [0.15, 0.2) is 18.7 Å². The Morgan fingerprint density at radius 2 is 2.39 bits per heavy atom. The van der Waals surface area contributed by atoms with Crippen molar-refractivity contribution in [3.8, 4) is 0 Å². The van der Waals surface area contributed by atoms with E-state index in [-0.39, 0.29) is 19.8 Å². The Morgan fingerprint density at radius 1 is 1.56 bits per heavy atom. The number of carboxylic acid groups (broad SMARTS) is 1. The van der Waals surface area contributed by atoms with Crippen LogP contribution in [-0.2, 0) is 9.47 Å². The number of carbonyl (C=O) groups excluding carboxylic acids is 1. The number of morpholine rings is 1. The van der Waals surface area contributed by atoms with E-state index in [9.17, 15) is 9.59 Å². The van der Waals surface area contributed by atoms with Crippen LogP contribution in [0, 0.1) is 0 Å². The molecule has 0 unspecified atom stereocenters. The highest BCUT2D eigenvalue weighted by atomic mass is 16.6. The van der Waals surface area contributed by atoms with Gasteiger partial charge in [0.1, 0.15) is 12.9 Å². The molecule has 0 saturated carbocycles. The lowest BCUT2D eigenvalue weighted by atomic mass is 10.2. The van der Waals surface area contributed by atoms with Crippen molar-refractivity contribution in [1.82, 2.24) is 14.5 Å². The summed E-state index contributed by atoms with van der Waals surface area (Å²) in [6, 6.07) is -0.469. The monoisotopic (exact) mass is 255 g/mol. The third-order valence-corrected chi connectivity index (χ3v) is 2.59. The van der Waals surface area contributed by atoms with E-state index in [1.807, 2.05) is 0 Å². The third kappa shape index (κ3) is 2.77. The molecule has 1 aliphatic heterocycles. The summed E-state index contributed by atoms with van der Waals surface area (Å²) in [5, 5.41) is 8.97. The molecule has 1 aromatic rings. The van der Waals surface area contributed by atoms with Crippen molar-refractivity contribution in [2.75, 3.05) is 26.4 Å². The van der Waals surface area contributed by atoms with Gasteiger partial charge < -0.3 is 14.6 Å². The summed E-state index contributed by atoms with van der Waals surface area (Å²) in [6.45, 7) is 0.827. The van der Waals surface area contributed by atoms with E-state index < -0.39 is 18.2 Å². The van der Waals surface area contributed by atoms with E-state index in [4.69, 9.17) is 14.6 Å². The molecule has 1 aliphatic rings. The predicted molar refractivity (Wildman–Crippen MR) is 58.3 cm³/mol.